The van der Waals surface area contributed by atoms with Crippen LogP contribution in [-0.4, -0.2) is 19.6 Å². The Labute approximate surface area is 148 Å². The molecular weight excluding hydrogens is 352 g/mol. The second kappa shape index (κ2) is 6.88. The number of benzene rings is 2. The Hall–Kier alpha value is -2.34. The van der Waals surface area contributed by atoms with Gasteiger partial charge < -0.3 is 14.8 Å². The predicted octanol–water partition coefficient (Wildman–Crippen LogP) is 4.62. The number of carbonyl (C=O) groups is 1. The number of rotatable bonds is 6. The van der Waals surface area contributed by atoms with Gasteiger partial charge in [0.05, 0.1) is 12.5 Å². The molecule has 0 bridgehead atoms. The van der Waals surface area contributed by atoms with Crippen LogP contribution in [0.4, 0.5) is 14.5 Å². The molecule has 0 aromatic heterocycles. The van der Waals surface area contributed by atoms with Crippen LogP contribution < -0.4 is 14.8 Å². The molecular formula is C18H16ClF2NO3. The fraction of sp³-hybridized carbons (Fsp3) is 0.278. The Bertz CT molecular complexity index is 776. The summed E-state index contributed by atoms with van der Waals surface area (Å²) in [6.07, 6.45) is 1.44. The topological polar surface area (TPSA) is 47.6 Å². The van der Waals surface area contributed by atoms with Gasteiger partial charge in [-0.05, 0) is 42.7 Å². The Kier molecular flexibility index (Phi) is 4.81. The summed E-state index contributed by atoms with van der Waals surface area (Å²) >= 11 is 5.89. The summed E-state index contributed by atoms with van der Waals surface area (Å²) in [7, 11) is 1.35. The average Bonchev–Trinajstić information content (AvgIpc) is 3.37. The van der Waals surface area contributed by atoms with E-state index in [0.29, 0.717) is 10.7 Å². The molecule has 0 spiro atoms. The third-order valence-electron chi connectivity index (χ3n) is 4.22. The molecule has 1 aliphatic rings. The zero-order valence-corrected chi connectivity index (χ0v) is 14.1. The predicted molar refractivity (Wildman–Crippen MR) is 90.6 cm³/mol. The van der Waals surface area contributed by atoms with E-state index >= 15 is 0 Å². The highest BCUT2D eigenvalue weighted by Crippen LogP contribution is 2.49. The molecule has 1 aliphatic carbocycles. The van der Waals surface area contributed by atoms with Crippen LogP contribution in [0.1, 0.15) is 18.4 Å². The molecule has 0 radical (unpaired) electrons. The lowest BCUT2D eigenvalue weighted by Gasteiger charge is -2.17. The second-order valence-corrected chi connectivity index (χ2v) is 6.22. The molecule has 1 fully saturated rings. The number of methoxy groups -OCH3 is 1. The zero-order valence-electron chi connectivity index (χ0n) is 13.4. The molecule has 1 saturated carbocycles. The van der Waals surface area contributed by atoms with Crippen molar-refractivity contribution in [1.29, 1.82) is 0 Å². The smallest absolute Gasteiger partial charge is 0.387 e. The van der Waals surface area contributed by atoms with Gasteiger partial charge in [0.15, 0.2) is 11.5 Å². The van der Waals surface area contributed by atoms with Crippen LogP contribution in [0.15, 0.2) is 42.5 Å². The summed E-state index contributed by atoms with van der Waals surface area (Å²) < 4.78 is 34.4. The lowest BCUT2D eigenvalue weighted by Crippen LogP contribution is -2.27. The number of alkyl halides is 2. The number of hydrogen-bond donors (Lipinski definition) is 1. The standard InChI is InChI=1S/C18H16ClF2NO3/c1-24-14-7-6-13(10-15(14)25-17(20)21)22-16(23)18(8-9-18)11-2-4-12(19)5-3-11/h2-7,10,17H,8-9H2,1H3,(H,22,23). The van der Waals surface area contributed by atoms with E-state index in [1.165, 1.54) is 19.2 Å². The fourth-order valence-electron chi connectivity index (χ4n) is 2.73. The van der Waals surface area contributed by atoms with Crippen molar-refractivity contribution < 1.29 is 23.0 Å². The van der Waals surface area contributed by atoms with Crippen LogP contribution in [0.5, 0.6) is 11.5 Å². The third kappa shape index (κ3) is 3.69. The van der Waals surface area contributed by atoms with Gasteiger partial charge >= 0.3 is 6.61 Å². The quantitative estimate of drug-likeness (QED) is 0.810. The summed E-state index contributed by atoms with van der Waals surface area (Å²) in [6, 6.07) is 11.5. The second-order valence-electron chi connectivity index (χ2n) is 5.79. The number of ether oxygens (including phenoxy) is 2. The van der Waals surface area contributed by atoms with E-state index < -0.39 is 12.0 Å². The summed E-state index contributed by atoms with van der Waals surface area (Å²) in [4.78, 5) is 12.7. The summed E-state index contributed by atoms with van der Waals surface area (Å²) in [5, 5.41) is 3.37. The molecule has 2 aromatic rings. The van der Waals surface area contributed by atoms with Gasteiger partial charge in [-0.3, -0.25) is 4.79 Å². The first-order valence-corrected chi connectivity index (χ1v) is 8.03. The molecule has 0 aliphatic heterocycles. The number of nitrogens with one attached hydrogen (secondary N) is 1. The van der Waals surface area contributed by atoms with E-state index in [0.717, 1.165) is 18.4 Å². The van der Waals surface area contributed by atoms with Crippen LogP contribution in [-0.2, 0) is 10.2 Å². The largest absolute Gasteiger partial charge is 0.493 e. The van der Waals surface area contributed by atoms with Crippen LogP contribution in [0.25, 0.3) is 0 Å². The van der Waals surface area contributed by atoms with Gasteiger partial charge in [-0.25, -0.2) is 0 Å². The summed E-state index contributed by atoms with van der Waals surface area (Å²) in [5.41, 5.74) is 0.641. The normalized spacial score (nSPS) is 14.9. The molecule has 1 N–H and O–H groups in total. The van der Waals surface area contributed by atoms with Crippen LogP contribution in [0, 0.1) is 0 Å². The molecule has 4 nitrogen and oxygen atoms in total. The average molecular weight is 368 g/mol. The number of hydrogen-bond acceptors (Lipinski definition) is 3. The van der Waals surface area contributed by atoms with Gasteiger partial charge in [0.1, 0.15) is 0 Å². The van der Waals surface area contributed by atoms with Crippen LogP contribution in [0.2, 0.25) is 5.02 Å². The van der Waals surface area contributed by atoms with Crippen molar-refractivity contribution in [2.45, 2.75) is 24.9 Å². The minimum Gasteiger partial charge on any atom is -0.493 e. The van der Waals surface area contributed by atoms with E-state index in [1.54, 1.807) is 18.2 Å². The molecule has 0 saturated heterocycles. The Balaban J connectivity index is 1.80. The lowest BCUT2D eigenvalue weighted by molar-refractivity contribution is -0.118. The lowest BCUT2D eigenvalue weighted by atomic mass is 9.95. The van der Waals surface area contributed by atoms with E-state index in [1.807, 2.05) is 12.1 Å². The van der Waals surface area contributed by atoms with Crippen molar-refractivity contribution >= 4 is 23.2 Å². The highest BCUT2D eigenvalue weighted by atomic mass is 35.5. The SMILES string of the molecule is COc1ccc(NC(=O)C2(c3ccc(Cl)cc3)CC2)cc1OC(F)F. The Morgan fingerprint density at radius 3 is 2.40 bits per heavy atom. The fourth-order valence-corrected chi connectivity index (χ4v) is 2.86. The van der Waals surface area contributed by atoms with Crippen LogP contribution >= 0.6 is 11.6 Å². The number of amides is 1. The summed E-state index contributed by atoms with van der Waals surface area (Å²) in [5.74, 6) is -0.160. The molecule has 0 heterocycles. The van der Waals surface area contributed by atoms with Gasteiger partial charge in [-0.2, -0.15) is 8.78 Å². The summed E-state index contributed by atoms with van der Waals surface area (Å²) in [6.45, 7) is -2.98. The monoisotopic (exact) mass is 367 g/mol. The maximum atomic E-state index is 12.7. The van der Waals surface area contributed by atoms with Crippen molar-refractivity contribution in [3.05, 3.63) is 53.1 Å². The maximum Gasteiger partial charge on any atom is 0.387 e. The van der Waals surface area contributed by atoms with Gasteiger partial charge in [0.2, 0.25) is 5.91 Å². The Morgan fingerprint density at radius 1 is 1.16 bits per heavy atom. The third-order valence-corrected chi connectivity index (χ3v) is 4.47. The van der Waals surface area contributed by atoms with E-state index in [4.69, 9.17) is 16.3 Å². The van der Waals surface area contributed by atoms with Crippen molar-refractivity contribution in [1.82, 2.24) is 0 Å². The highest BCUT2D eigenvalue weighted by molar-refractivity contribution is 6.30. The van der Waals surface area contributed by atoms with E-state index in [9.17, 15) is 13.6 Å². The van der Waals surface area contributed by atoms with E-state index in [-0.39, 0.29) is 17.4 Å². The molecule has 132 valence electrons. The molecule has 2 aromatic carbocycles. The zero-order chi connectivity index (χ0) is 18.0. The molecule has 3 rings (SSSR count). The van der Waals surface area contributed by atoms with Gasteiger partial charge in [0.25, 0.3) is 0 Å². The minimum absolute atomic E-state index is 0.133. The van der Waals surface area contributed by atoms with Gasteiger partial charge in [0, 0.05) is 16.8 Å². The van der Waals surface area contributed by atoms with Crippen molar-refractivity contribution in [3.8, 4) is 11.5 Å². The van der Waals surface area contributed by atoms with E-state index in [2.05, 4.69) is 10.1 Å². The molecule has 1 amide bonds. The minimum atomic E-state index is -2.98. The Morgan fingerprint density at radius 2 is 1.84 bits per heavy atom. The molecule has 0 atom stereocenters. The first-order chi connectivity index (χ1) is 11.9. The van der Waals surface area contributed by atoms with Gasteiger partial charge in [-0.1, -0.05) is 23.7 Å². The maximum absolute atomic E-state index is 12.7. The first kappa shape index (κ1) is 17.5. The highest BCUT2D eigenvalue weighted by Gasteiger charge is 2.51. The van der Waals surface area contributed by atoms with Crippen molar-refractivity contribution in [3.63, 3.8) is 0 Å². The first-order valence-electron chi connectivity index (χ1n) is 7.65. The number of carbonyl (C=O) groups excluding carboxylic acids is 1. The van der Waals surface area contributed by atoms with Crippen molar-refractivity contribution in [2.24, 2.45) is 0 Å². The molecule has 25 heavy (non-hydrogen) atoms. The number of anilines is 1. The molecule has 0 unspecified atom stereocenters. The van der Waals surface area contributed by atoms with Crippen LogP contribution in [0.3, 0.4) is 0 Å². The van der Waals surface area contributed by atoms with Gasteiger partial charge in [-0.15, -0.1) is 0 Å². The van der Waals surface area contributed by atoms with Crippen molar-refractivity contribution in [2.75, 3.05) is 12.4 Å². The molecule has 7 heteroatoms. The number of halogens is 3.